The normalized spacial score (nSPS) is 11.0. The van der Waals surface area contributed by atoms with E-state index < -0.39 is 0 Å². The Morgan fingerprint density at radius 3 is 2.89 bits per heavy atom. The quantitative estimate of drug-likeness (QED) is 0.543. The summed E-state index contributed by atoms with van der Waals surface area (Å²) in [7, 11) is 1.86. The maximum Gasteiger partial charge on any atom is 0.229 e. The van der Waals surface area contributed by atoms with E-state index in [1.807, 2.05) is 36.1 Å². The van der Waals surface area contributed by atoms with Crippen LogP contribution in [0.3, 0.4) is 0 Å². The average molecular weight is 363 g/mol. The molecular weight excluding hydrogens is 342 g/mol. The predicted molar refractivity (Wildman–Crippen MR) is 103 cm³/mol. The molecule has 0 amide bonds. The number of rotatable bonds is 7. The SMILES string of the molecule is CCCOc1cccc(Cn2ncc3cnc(Nc4cnn(C)c4)nc32)c1. The van der Waals surface area contributed by atoms with E-state index in [4.69, 9.17) is 4.74 Å². The first-order chi connectivity index (χ1) is 13.2. The molecule has 0 saturated carbocycles. The number of aryl methyl sites for hydroxylation is 1. The van der Waals surface area contributed by atoms with Gasteiger partial charge in [-0.2, -0.15) is 15.2 Å². The van der Waals surface area contributed by atoms with Crippen LogP contribution < -0.4 is 10.1 Å². The van der Waals surface area contributed by atoms with E-state index in [9.17, 15) is 0 Å². The molecule has 0 fully saturated rings. The maximum atomic E-state index is 5.72. The molecule has 0 radical (unpaired) electrons. The summed E-state index contributed by atoms with van der Waals surface area (Å²) in [5.74, 6) is 1.39. The molecule has 0 bridgehead atoms. The first kappa shape index (κ1) is 17.0. The third-order valence-electron chi connectivity index (χ3n) is 4.04. The van der Waals surface area contributed by atoms with Gasteiger partial charge >= 0.3 is 0 Å². The van der Waals surface area contributed by atoms with Gasteiger partial charge in [0.15, 0.2) is 5.65 Å². The van der Waals surface area contributed by atoms with Crippen molar-refractivity contribution in [1.82, 2.24) is 29.5 Å². The molecule has 0 aliphatic rings. The molecule has 0 aliphatic carbocycles. The van der Waals surface area contributed by atoms with E-state index in [0.29, 0.717) is 19.1 Å². The van der Waals surface area contributed by atoms with E-state index in [1.165, 1.54) is 0 Å². The molecule has 0 aliphatic heterocycles. The molecule has 8 heteroatoms. The number of nitrogens with one attached hydrogen (secondary N) is 1. The van der Waals surface area contributed by atoms with E-state index in [-0.39, 0.29) is 0 Å². The van der Waals surface area contributed by atoms with Crippen molar-refractivity contribution in [2.75, 3.05) is 11.9 Å². The summed E-state index contributed by atoms with van der Waals surface area (Å²) in [6, 6.07) is 8.07. The molecule has 4 rings (SSSR count). The van der Waals surface area contributed by atoms with Gasteiger partial charge in [0.1, 0.15) is 5.75 Å². The van der Waals surface area contributed by atoms with Gasteiger partial charge < -0.3 is 10.1 Å². The Balaban J connectivity index is 1.57. The number of ether oxygens (including phenoxy) is 1. The third kappa shape index (κ3) is 3.89. The lowest BCUT2D eigenvalue weighted by Crippen LogP contribution is -2.05. The largest absolute Gasteiger partial charge is 0.494 e. The smallest absolute Gasteiger partial charge is 0.229 e. The van der Waals surface area contributed by atoms with Crippen molar-refractivity contribution < 1.29 is 4.74 Å². The molecule has 0 atom stereocenters. The molecule has 3 aromatic heterocycles. The number of aromatic nitrogens is 6. The van der Waals surface area contributed by atoms with Crippen LogP contribution in [0.2, 0.25) is 0 Å². The average Bonchev–Trinajstić information content (AvgIpc) is 3.26. The summed E-state index contributed by atoms with van der Waals surface area (Å²) in [6.07, 6.45) is 8.13. The van der Waals surface area contributed by atoms with Gasteiger partial charge in [-0.15, -0.1) is 0 Å². The Labute approximate surface area is 156 Å². The number of fused-ring (bicyclic) bond motifs is 1. The Morgan fingerprint density at radius 1 is 1.15 bits per heavy atom. The molecule has 1 aromatic carbocycles. The zero-order valence-corrected chi connectivity index (χ0v) is 15.3. The first-order valence-electron chi connectivity index (χ1n) is 8.87. The van der Waals surface area contributed by atoms with E-state index >= 15 is 0 Å². The van der Waals surface area contributed by atoms with Crippen LogP contribution >= 0.6 is 0 Å². The highest BCUT2D eigenvalue weighted by atomic mass is 16.5. The van der Waals surface area contributed by atoms with E-state index in [1.54, 1.807) is 23.3 Å². The molecule has 8 nitrogen and oxygen atoms in total. The van der Waals surface area contributed by atoms with Gasteiger partial charge in [0.25, 0.3) is 0 Å². The highest BCUT2D eigenvalue weighted by molar-refractivity contribution is 5.75. The van der Waals surface area contributed by atoms with E-state index in [2.05, 4.69) is 38.5 Å². The lowest BCUT2D eigenvalue weighted by atomic mass is 10.2. The zero-order chi connectivity index (χ0) is 18.6. The van der Waals surface area contributed by atoms with Gasteiger partial charge in [-0.25, -0.2) is 9.67 Å². The third-order valence-corrected chi connectivity index (χ3v) is 4.04. The molecule has 138 valence electrons. The standard InChI is InChI=1S/C19H21N7O/c1-3-7-27-17-6-4-5-14(8-17)12-26-18-15(10-22-26)9-20-19(24-18)23-16-11-21-25(2)13-16/h4-6,8-11,13H,3,7,12H2,1-2H3,(H,20,23,24). The van der Waals surface area contributed by atoms with Gasteiger partial charge in [-0.1, -0.05) is 19.1 Å². The van der Waals surface area contributed by atoms with Gasteiger partial charge in [-0.3, -0.25) is 4.68 Å². The summed E-state index contributed by atoms with van der Waals surface area (Å²) in [5, 5.41) is 12.7. The number of hydrogen-bond donors (Lipinski definition) is 1. The Morgan fingerprint density at radius 2 is 2.07 bits per heavy atom. The summed E-state index contributed by atoms with van der Waals surface area (Å²) >= 11 is 0. The molecular formula is C19H21N7O. The Bertz CT molecular complexity index is 1050. The molecule has 0 saturated heterocycles. The van der Waals surface area contributed by atoms with Crippen LogP contribution in [-0.2, 0) is 13.6 Å². The van der Waals surface area contributed by atoms with Gasteiger partial charge in [0, 0.05) is 19.4 Å². The highest BCUT2D eigenvalue weighted by Crippen LogP contribution is 2.19. The van der Waals surface area contributed by atoms with Crippen molar-refractivity contribution in [3.8, 4) is 5.75 Å². The minimum absolute atomic E-state index is 0.511. The predicted octanol–water partition coefficient (Wildman–Crippen LogP) is 3.14. The lowest BCUT2D eigenvalue weighted by molar-refractivity contribution is 0.317. The van der Waals surface area contributed by atoms with Crippen LogP contribution in [0.5, 0.6) is 5.75 Å². The van der Waals surface area contributed by atoms with Crippen LogP contribution in [0, 0.1) is 0 Å². The van der Waals surface area contributed by atoms with Crippen molar-refractivity contribution in [2.24, 2.45) is 7.05 Å². The van der Waals surface area contributed by atoms with Crippen LogP contribution in [0.4, 0.5) is 11.6 Å². The number of nitrogens with zero attached hydrogens (tertiary/aromatic N) is 6. The van der Waals surface area contributed by atoms with Crippen molar-refractivity contribution in [3.63, 3.8) is 0 Å². The topological polar surface area (TPSA) is 82.7 Å². The van der Waals surface area contributed by atoms with Crippen LogP contribution in [0.1, 0.15) is 18.9 Å². The summed E-state index contributed by atoms with van der Waals surface area (Å²) in [6.45, 7) is 3.41. The van der Waals surface area contributed by atoms with Crippen LogP contribution in [0.25, 0.3) is 11.0 Å². The highest BCUT2D eigenvalue weighted by Gasteiger charge is 2.09. The summed E-state index contributed by atoms with van der Waals surface area (Å²) in [4.78, 5) is 8.96. The molecule has 3 heterocycles. The molecule has 0 spiro atoms. The Kier molecular flexibility index (Phi) is 4.69. The second kappa shape index (κ2) is 7.45. The zero-order valence-electron chi connectivity index (χ0n) is 15.3. The van der Waals surface area contributed by atoms with E-state index in [0.717, 1.165) is 34.5 Å². The van der Waals surface area contributed by atoms with Crippen LogP contribution in [-0.4, -0.2) is 36.1 Å². The Hall–Kier alpha value is -3.42. The number of benzene rings is 1. The first-order valence-corrected chi connectivity index (χ1v) is 8.87. The van der Waals surface area contributed by atoms with Gasteiger partial charge in [0.2, 0.25) is 5.95 Å². The fourth-order valence-electron chi connectivity index (χ4n) is 2.78. The fraction of sp³-hybridized carbons (Fsp3) is 0.263. The van der Waals surface area contributed by atoms with Crippen molar-refractivity contribution in [3.05, 3.63) is 54.6 Å². The second-order valence-electron chi connectivity index (χ2n) is 6.30. The summed E-state index contributed by atoms with van der Waals surface area (Å²) < 4.78 is 9.30. The fourth-order valence-corrected chi connectivity index (χ4v) is 2.78. The molecule has 4 aromatic rings. The van der Waals surface area contributed by atoms with Crippen molar-refractivity contribution in [2.45, 2.75) is 19.9 Å². The maximum absolute atomic E-state index is 5.72. The van der Waals surface area contributed by atoms with Gasteiger partial charge in [-0.05, 0) is 24.1 Å². The number of hydrogen-bond acceptors (Lipinski definition) is 6. The summed E-state index contributed by atoms with van der Waals surface area (Å²) in [5.41, 5.74) is 2.72. The molecule has 0 unspecified atom stereocenters. The van der Waals surface area contributed by atoms with Crippen LogP contribution in [0.15, 0.2) is 49.1 Å². The lowest BCUT2D eigenvalue weighted by Gasteiger charge is -2.08. The minimum Gasteiger partial charge on any atom is -0.494 e. The number of anilines is 2. The van der Waals surface area contributed by atoms with Crippen molar-refractivity contribution >= 4 is 22.7 Å². The van der Waals surface area contributed by atoms with Crippen molar-refractivity contribution in [1.29, 1.82) is 0 Å². The minimum atomic E-state index is 0.511. The molecule has 27 heavy (non-hydrogen) atoms. The van der Waals surface area contributed by atoms with Gasteiger partial charge in [0.05, 0.1) is 36.6 Å². The second-order valence-corrected chi connectivity index (χ2v) is 6.30. The monoisotopic (exact) mass is 363 g/mol. The molecule has 1 N–H and O–H groups in total.